The molecule has 0 atom stereocenters. The first kappa shape index (κ1) is 27.4. The van der Waals surface area contributed by atoms with Crippen molar-refractivity contribution in [1.82, 2.24) is 15.0 Å². The Morgan fingerprint density at radius 3 is 0.946 bits per heavy atom. The summed E-state index contributed by atoms with van der Waals surface area (Å²) in [5.41, 5.74) is 4.34. The minimum atomic E-state index is -0.00352. The van der Waals surface area contributed by atoms with Gasteiger partial charge in [0.25, 0.3) is 0 Å². The van der Waals surface area contributed by atoms with Gasteiger partial charge in [0.05, 0.1) is 16.6 Å². The van der Waals surface area contributed by atoms with Crippen molar-refractivity contribution < 1.29 is 32.4 Å². The van der Waals surface area contributed by atoms with Crippen molar-refractivity contribution in [2.75, 3.05) is 0 Å². The zero-order valence-corrected chi connectivity index (χ0v) is 21.7. The monoisotopic (exact) mass is 530 g/mol. The first-order chi connectivity index (χ1) is 17.3. The van der Waals surface area contributed by atoms with Gasteiger partial charge in [-0.2, -0.15) is 0 Å². The summed E-state index contributed by atoms with van der Waals surface area (Å²) in [6.07, 6.45) is 0. The predicted molar refractivity (Wildman–Crippen MR) is 138 cm³/mol. The second kappa shape index (κ2) is 12.2. The Morgan fingerprint density at radius 1 is 0.405 bits per heavy atom. The van der Waals surface area contributed by atoms with Crippen molar-refractivity contribution in [2.45, 2.75) is 20.8 Å². The first-order valence-corrected chi connectivity index (χ1v) is 11.4. The van der Waals surface area contributed by atoms with Crippen LogP contribution in [0.15, 0.2) is 91.0 Å². The fourth-order valence-electron chi connectivity index (χ4n) is 3.65. The first-order valence-electron chi connectivity index (χ1n) is 11.4. The molecule has 0 spiro atoms. The van der Waals surface area contributed by atoms with Crippen molar-refractivity contribution in [2.24, 2.45) is 0 Å². The van der Waals surface area contributed by atoms with Crippen molar-refractivity contribution >= 4 is 32.7 Å². The van der Waals surface area contributed by atoms with Gasteiger partial charge in [-0.25, -0.2) is 0 Å². The Morgan fingerprint density at radius 2 is 0.676 bits per heavy atom. The predicted octanol–water partition coefficient (Wildman–Crippen LogP) is 4.85. The summed E-state index contributed by atoms with van der Waals surface area (Å²) in [6, 6.07) is 27.0. The summed E-state index contributed by atoms with van der Waals surface area (Å²) in [7, 11) is 0. The molecule has 37 heavy (non-hydrogen) atoms. The van der Waals surface area contributed by atoms with Gasteiger partial charge < -0.3 is 15.3 Å². The van der Waals surface area contributed by atoms with Crippen molar-refractivity contribution in [3.05, 3.63) is 108 Å². The van der Waals surface area contributed by atoms with Crippen LogP contribution < -0.4 is 15.3 Å². The molecule has 3 aromatic heterocycles. The fraction of sp³-hybridized carbons (Fsp3) is 0.100. The number of pyridine rings is 3. The molecule has 0 saturated carbocycles. The van der Waals surface area contributed by atoms with Crippen molar-refractivity contribution in [3.8, 4) is 17.2 Å². The topological polar surface area (TPSA) is 108 Å². The summed E-state index contributed by atoms with van der Waals surface area (Å²) in [4.78, 5) is 12.5. The molecule has 0 amide bonds. The second-order valence-electron chi connectivity index (χ2n) is 8.34. The summed E-state index contributed by atoms with van der Waals surface area (Å²) >= 11 is 0. The molecule has 0 unspecified atom stereocenters. The van der Waals surface area contributed by atoms with E-state index in [0.717, 1.165) is 33.2 Å². The van der Waals surface area contributed by atoms with Gasteiger partial charge in [-0.05, 0) is 55.1 Å². The minimum absolute atomic E-state index is 0. The summed E-state index contributed by atoms with van der Waals surface area (Å²) < 4.78 is 0. The molecule has 0 aliphatic carbocycles. The Bertz CT molecular complexity index is 1470. The summed E-state index contributed by atoms with van der Waals surface area (Å²) in [5, 5.41) is 36.5. The number of fused-ring (bicyclic) bond motifs is 3. The Labute approximate surface area is 225 Å². The summed E-state index contributed by atoms with van der Waals surface area (Å²) in [6.45, 7) is 5.64. The molecule has 6 aromatic rings. The third kappa shape index (κ3) is 6.73. The molecule has 3 heterocycles. The molecule has 1 radical (unpaired) electrons. The van der Waals surface area contributed by atoms with Gasteiger partial charge in [-0.1, -0.05) is 90.0 Å². The summed E-state index contributed by atoms with van der Waals surface area (Å²) in [5.74, 6) is -0.0106. The quantitative estimate of drug-likeness (QED) is 0.260. The molecule has 0 aliphatic rings. The minimum Gasteiger partial charge on any atom is -0.871 e. The Kier molecular flexibility index (Phi) is 9.01. The van der Waals surface area contributed by atoms with Gasteiger partial charge in [-0.3, -0.25) is 15.0 Å². The average Bonchev–Trinajstić information content (AvgIpc) is 2.87. The molecule has 0 bridgehead atoms. The zero-order chi connectivity index (χ0) is 25.7. The number of rotatable bonds is 0. The molecule has 0 saturated heterocycles. The molecular formula is C30H24FeN3O3. The van der Waals surface area contributed by atoms with Crippen LogP contribution in [0.1, 0.15) is 17.1 Å². The van der Waals surface area contributed by atoms with E-state index in [4.69, 9.17) is 0 Å². The zero-order valence-electron chi connectivity index (χ0n) is 20.6. The Hall–Kier alpha value is -4.19. The third-order valence-electron chi connectivity index (χ3n) is 5.47. The number of hydrogen-bond acceptors (Lipinski definition) is 6. The van der Waals surface area contributed by atoms with Gasteiger partial charge in [0.1, 0.15) is 0 Å². The molecule has 0 aliphatic heterocycles. The van der Waals surface area contributed by atoms with Crippen molar-refractivity contribution in [3.63, 3.8) is 0 Å². The third-order valence-corrected chi connectivity index (χ3v) is 5.47. The van der Waals surface area contributed by atoms with Gasteiger partial charge in [0.15, 0.2) is 0 Å². The van der Waals surface area contributed by atoms with Crippen LogP contribution in [-0.2, 0) is 17.1 Å². The fourth-order valence-corrected chi connectivity index (χ4v) is 3.65. The normalized spacial score (nSPS) is 10.1. The standard InChI is InChI=1S/3C10H9NO.Fe/c3*1-7-5-6-8-3-2-4-9(12)10(8)11-7;/h3*2-6,12H,1H3;/q;;;+3/p-3. The maximum atomic E-state index is 11.3. The molecule has 0 N–H and O–H groups in total. The van der Waals surface area contributed by atoms with E-state index in [2.05, 4.69) is 15.0 Å². The molecule has 0 fully saturated rings. The van der Waals surface area contributed by atoms with Gasteiger partial charge in [-0.15, -0.1) is 0 Å². The number of aryl methyl sites for hydroxylation is 3. The number of para-hydroxylation sites is 3. The van der Waals surface area contributed by atoms with E-state index in [1.165, 1.54) is 18.2 Å². The molecular weight excluding hydrogens is 506 g/mol. The number of benzene rings is 3. The van der Waals surface area contributed by atoms with E-state index in [-0.39, 0.29) is 34.3 Å². The SMILES string of the molecule is Cc1ccc2cccc([O-])c2n1.Cc1ccc2cccc([O-])c2n1.Cc1ccc2cccc([O-])c2n1.[Fe+3]. The smallest absolute Gasteiger partial charge is 0.871 e. The van der Waals surface area contributed by atoms with Crippen LogP contribution in [-0.4, -0.2) is 15.0 Å². The van der Waals surface area contributed by atoms with E-state index in [0.29, 0.717) is 16.6 Å². The van der Waals surface area contributed by atoms with Gasteiger partial charge in [0, 0.05) is 17.1 Å². The van der Waals surface area contributed by atoms with Crippen LogP contribution in [0.3, 0.4) is 0 Å². The van der Waals surface area contributed by atoms with Gasteiger partial charge in [0.2, 0.25) is 0 Å². The van der Waals surface area contributed by atoms with E-state index in [1.54, 1.807) is 18.2 Å². The van der Waals surface area contributed by atoms with E-state index < -0.39 is 0 Å². The van der Waals surface area contributed by atoms with Crippen LogP contribution in [0.5, 0.6) is 17.2 Å². The largest absolute Gasteiger partial charge is 3.00 e. The van der Waals surface area contributed by atoms with E-state index in [9.17, 15) is 15.3 Å². The molecule has 185 valence electrons. The van der Waals surface area contributed by atoms with Crippen LogP contribution in [0.4, 0.5) is 0 Å². The van der Waals surface area contributed by atoms with E-state index in [1.807, 2.05) is 75.4 Å². The second-order valence-corrected chi connectivity index (χ2v) is 8.34. The van der Waals surface area contributed by atoms with Crippen LogP contribution in [0.25, 0.3) is 32.7 Å². The van der Waals surface area contributed by atoms with Crippen LogP contribution >= 0.6 is 0 Å². The molecule has 6 rings (SSSR count). The number of nitrogens with zero attached hydrogens (tertiary/aromatic N) is 3. The number of hydrogen-bond donors (Lipinski definition) is 0. The maximum absolute atomic E-state index is 11.3. The molecule has 6 nitrogen and oxygen atoms in total. The van der Waals surface area contributed by atoms with Crippen molar-refractivity contribution in [1.29, 1.82) is 0 Å². The van der Waals surface area contributed by atoms with Crippen LogP contribution in [0, 0.1) is 20.8 Å². The Balaban J connectivity index is 0.000000152. The van der Waals surface area contributed by atoms with Crippen LogP contribution in [0.2, 0.25) is 0 Å². The molecule has 3 aromatic carbocycles. The number of aromatic nitrogens is 3. The average molecular weight is 530 g/mol. The molecule has 7 heteroatoms. The maximum Gasteiger partial charge on any atom is 3.00 e. The van der Waals surface area contributed by atoms with Gasteiger partial charge >= 0.3 is 17.1 Å². The van der Waals surface area contributed by atoms with E-state index >= 15 is 0 Å².